The Hall–Kier alpha value is -2.95. The van der Waals surface area contributed by atoms with Gasteiger partial charge in [-0.3, -0.25) is 0 Å². The van der Waals surface area contributed by atoms with Crippen LogP contribution in [0.1, 0.15) is 15.9 Å². The molecule has 0 radical (unpaired) electrons. The molecule has 0 aliphatic heterocycles. The largest absolute Gasteiger partial charge is 0.504 e. The minimum absolute atomic E-state index is 0.0777. The van der Waals surface area contributed by atoms with E-state index in [1.807, 2.05) is 17.8 Å². The number of aromatic hydroxyl groups is 1. The molecule has 3 rings (SSSR count). The number of phenolic OH excluding ortho intramolecular Hbond substituents is 1. The number of nitrogens with zero attached hydrogens (tertiary/aromatic N) is 1. The summed E-state index contributed by atoms with van der Waals surface area (Å²) in [5.41, 5.74) is 2.03. The summed E-state index contributed by atoms with van der Waals surface area (Å²) in [7, 11) is 1.90. The van der Waals surface area contributed by atoms with Gasteiger partial charge in [0.1, 0.15) is 6.61 Å². The van der Waals surface area contributed by atoms with Crippen molar-refractivity contribution in [1.82, 2.24) is 4.57 Å². The van der Waals surface area contributed by atoms with E-state index < -0.39 is 5.97 Å². The SMILES string of the molecule is Cn1cc(COc2ccccc2O)c2cc(C(=O)O)ccc21. The molecule has 3 aromatic rings. The van der Waals surface area contributed by atoms with Crippen LogP contribution in [-0.2, 0) is 13.7 Å². The number of aromatic carboxylic acids is 1. The lowest BCUT2D eigenvalue weighted by molar-refractivity contribution is 0.0697. The van der Waals surface area contributed by atoms with Gasteiger partial charge in [-0.15, -0.1) is 0 Å². The van der Waals surface area contributed by atoms with Crippen LogP contribution >= 0.6 is 0 Å². The Morgan fingerprint density at radius 3 is 2.73 bits per heavy atom. The maximum absolute atomic E-state index is 11.1. The number of ether oxygens (including phenoxy) is 1. The smallest absolute Gasteiger partial charge is 0.335 e. The number of para-hydroxylation sites is 2. The van der Waals surface area contributed by atoms with E-state index in [9.17, 15) is 9.90 Å². The van der Waals surface area contributed by atoms with Crippen LogP contribution in [0, 0.1) is 0 Å². The third-order valence-corrected chi connectivity index (χ3v) is 3.57. The molecule has 0 aliphatic carbocycles. The maximum atomic E-state index is 11.1. The Morgan fingerprint density at radius 1 is 1.23 bits per heavy atom. The highest BCUT2D eigenvalue weighted by Gasteiger charge is 2.11. The number of aromatic nitrogens is 1. The van der Waals surface area contributed by atoms with Crippen molar-refractivity contribution in [2.45, 2.75) is 6.61 Å². The molecular formula is C17H15NO4. The second-order valence-electron chi connectivity index (χ2n) is 5.06. The van der Waals surface area contributed by atoms with Crippen LogP contribution in [0.3, 0.4) is 0 Å². The molecular weight excluding hydrogens is 282 g/mol. The molecule has 0 bridgehead atoms. The van der Waals surface area contributed by atoms with Gasteiger partial charge in [0.25, 0.3) is 0 Å². The molecule has 0 amide bonds. The van der Waals surface area contributed by atoms with Crippen LogP contribution in [0.15, 0.2) is 48.7 Å². The van der Waals surface area contributed by atoms with E-state index in [-0.39, 0.29) is 17.9 Å². The molecule has 0 atom stereocenters. The quantitative estimate of drug-likeness (QED) is 0.776. The molecule has 5 nitrogen and oxygen atoms in total. The number of carboxylic acids is 1. The molecule has 1 aromatic heterocycles. The van der Waals surface area contributed by atoms with Crippen molar-refractivity contribution in [3.05, 3.63) is 59.8 Å². The summed E-state index contributed by atoms with van der Waals surface area (Å²) in [6.45, 7) is 0.248. The van der Waals surface area contributed by atoms with Gasteiger partial charge in [0.2, 0.25) is 0 Å². The van der Waals surface area contributed by atoms with E-state index in [1.165, 1.54) is 0 Å². The molecule has 2 aromatic carbocycles. The van der Waals surface area contributed by atoms with Crippen molar-refractivity contribution >= 4 is 16.9 Å². The monoisotopic (exact) mass is 297 g/mol. The molecule has 112 valence electrons. The highest BCUT2D eigenvalue weighted by Crippen LogP contribution is 2.28. The fourth-order valence-corrected chi connectivity index (χ4v) is 2.46. The van der Waals surface area contributed by atoms with Crippen molar-refractivity contribution in [2.24, 2.45) is 7.05 Å². The summed E-state index contributed by atoms with van der Waals surface area (Å²) in [5, 5.41) is 19.7. The molecule has 0 aliphatic rings. The number of carbonyl (C=O) groups is 1. The number of hydrogen-bond donors (Lipinski definition) is 2. The summed E-state index contributed by atoms with van der Waals surface area (Å²) < 4.78 is 7.55. The van der Waals surface area contributed by atoms with Gasteiger partial charge in [0.05, 0.1) is 5.56 Å². The Bertz CT molecular complexity index is 851. The first kappa shape index (κ1) is 14.0. The van der Waals surface area contributed by atoms with Gasteiger partial charge >= 0.3 is 5.97 Å². The molecule has 0 unspecified atom stereocenters. The number of benzene rings is 2. The first-order chi connectivity index (χ1) is 10.6. The number of carboxylic acid groups (broad SMARTS) is 1. The van der Waals surface area contributed by atoms with Crippen molar-refractivity contribution < 1.29 is 19.7 Å². The number of hydrogen-bond acceptors (Lipinski definition) is 3. The summed E-state index contributed by atoms with van der Waals surface area (Å²) in [6.07, 6.45) is 1.90. The summed E-state index contributed by atoms with van der Waals surface area (Å²) in [6, 6.07) is 11.7. The summed E-state index contributed by atoms with van der Waals surface area (Å²) in [4.78, 5) is 11.1. The highest BCUT2D eigenvalue weighted by atomic mass is 16.5. The molecule has 5 heteroatoms. The summed E-state index contributed by atoms with van der Waals surface area (Å²) >= 11 is 0. The third kappa shape index (κ3) is 2.48. The predicted octanol–water partition coefficient (Wildman–Crippen LogP) is 3.16. The first-order valence-corrected chi connectivity index (χ1v) is 6.78. The van der Waals surface area contributed by atoms with Crippen LogP contribution in [0.2, 0.25) is 0 Å². The lowest BCUT2D eigenvalue weighted by Gasteiger charge is -2.07. The molecule has 1 heterocycles. The van der Waals surface area contributed by atoms with Gasteiger partial charge in [-0.05, 0) is 30.3 Å². The molecule has 0 fully saturated rings. The lowest BCUT2D eigenvalue weighted by Crippen LogP contribution is -1.97. The average Bonchev–Trinajstić information content (AvgIpc) is 2.82. The Morgan fingerprint density at radius 2 is 2.00 bits per heavy atom. The zero-order valence-electron chi connectivity index (χ0n) is 12.0. The Labute approximate surface area is 127 Å². The van der Waals surface area contributed by atoms with E-state index in [1.54, 1.807) is 42.5 Å². The van der Waals surface area contributed by atoms with Crippen molar-refractivity contribution in [2.75, 3.05) is 0 Å². The minimum atomic E-state index is -0.960. The van der Waals surface area contributed by atoms with Crippen molar-refractivity contribution in [3.8, 4) is 11.5 Å². The van der Waals surface area contributed by atoms with E-state index in [0.717, 1.165) is 16.5 Å². The van der Waals surface area contributed by atoms with Gasteiger partial charge in [0, 0.05) is 29.7 Å². The van der Waals surface area contributed by atoms with Gasteiger partial charge in [0.15, 0.2) is 11.5 Å². The number of aryl methyl sites for hydroxylation is 1. The highest BCUT2D eigenvalue weighted by molar-refractivity contribution is 5.94. The van der Waals surface area contributed by atoms with E-state index in [0.29, 0.717) is 5.75 Å². The van der Waals surface area contributed by atoms with Gasteiger partial charge in [-0.25, -0.2) is 4.79 Å². The Kier molecular flexibility index (Phi) is 3.47. The summed E-state index contributed by atoms with van der Waals surface area (Å²) in [5.74, 6) is -0.485. The first-order valence-electron chi connectivity index (χ1n) is 6.78. The fraction of sp³-hybridized carbons (Fsp3) is 0.118. The predicted molar refractivity (Wildman–Crippen MR) is 82.3 cm³/mol. The lowest BCUT2D eigenvalue weighted by atomic mass is 10.1. The molecule has 0 saturated carbocycles. The van der Waals surface area contributed by atoms with E-state index >= 15 is 0 Å². The third-order valence-electron chi connectivity index (χ3n) is 3.57. The van der Waals surface area contributed by atoms with Crippen molar-refractivity contribution in [3.63, 3.8) is 0 Å². The number of phenols is 1. The fourth-order valence-electron chi connectivity index (χ4n) is 2.46. The van der Waals surface area contributed by atoms with Gasteiger partial charge < -0.3 is 19.5 Å². The van der Waals surface area contributed by atoms with Crippen LogP contribution in [0.25, 0.3) is 10.9 Å². The van der Waals surface area contributed by atoms with Gasteiger partial charge in [-0.1, -0.05) is 12.1 Å². The Balaban J connectivity index is 1.95. The molecule has 0 saturated heterocycles. The maximum Gasteiger partial charge on any atom is 0.335 e. The van der Waals surface area contributed by atoms with Crippen molar-refractivity contribution in [1.29, 1.82) is 0 Å². The van der Waals surface area contributed by atoms with E-state index in [4.69, 9.17) is 9.84 Å². The second kappa shape index (κ2) is 5.44. The van der Waals surface area contributed by atoms with Crippen LogP contribution in [0.5, 0.6) is 11.5 Å². The second-order valence-corrected chi connectivity index (χ2v) is 5.06. The zero-order chi connectivity index (χ0) is 15.7. The number of fused-ring (bicyclic) bond motifs is 1. The molecule has 0 spiro atoms. The average molecular weight is 297 g/mol. The number of rotatable bonds is 4. The topological polar surface area (TPSA) is 71.7 Å². The van der Waals surface area contributed by atoms with Gasteiger partial charge in [-0.2, -0.15) is 0 Å². The molecule has 2 N–H and O–H groups in total. The zero-order valence-corrected chi connectivity index (χ0v) is 12.0. The van der Waals surface area contributed by atoms with Crippen LogP contribution in [0.4, 0.5) is 0 Å². The minimum Gasteiger partial charge on any atom is -0.504 e. The normalized spacial score (nSPS) is 10.8. The standard InChI is InChI=1S/C17H15NO4/c1-18-9-12(10-22-16-5-3-2-4-15(16)19)13-8-11(17(20)21)6-7-14(13)18/h2-9,19H,10H2,1H3,(H,20,21). The van der Waals surface area contributed by atoms with E-state index in [2.05, 4.69) is 0 Å². The van der Waals surface area contributed by atoms with Crippen LogP contribution < -0.4 is 4.74 Å². The van der Waals surface area contributed by atoms with Crippen LogP contribution in [-0.4, -0.2) is 20.7 Å². The molecule has 22 heavy (non-hydrogen) atoms.